The van der Waals surface area contributed by atoms with E-state index in [1.54, 1.807) is 19.1 Å². The lowest BCUT2D eigenvalue weighted by Crippen LogP contribution is -2.18. The maximum atomic E-state index is 12.1. The molecule has 0 amide bonds. The quantitative estimate of drug-likeness (QED) is 0.322. The minimum Gasteiger partial charge on any atom is -0.422 e. The van der Waals surface area contributed by atoms with Crippen LogP contribution >= 0.6 is 24.0 Å². The molecule has 0 atom stereocenters. The number of fused-ring (bicyclic) bond motifs is 1. The molecule has 0 spiro atoms. The summed E-state index contributed by atoms with van der Waals surface area (Å²) >= 11 is 6.76. The summed E-state index contributed by atoms with van der Waals surface area (Å²) in [7, 11) is 0. The predicted octanol–water partition coefficient (Wildman–Crippen LogP) is 4.32. The Hall–Kier alpha value is -2.44. The Morgan fingerprint density at radius 3 is 2.68 bits per heavy atom. The van der Waals surface area contributed by atoms with Crippen molar-refractivity contribution in [3.8, 4) is 0 Å². The lowest BCUT2D eigenvalue weighted by atomic mass is 10.1. The molecule has 0 radical (unpaired) electrons. The summed E-state index contributed by atoms with van der Waals surface area (Å²) in [5, 5.41) is 5.07. The normalized spacial score (nSPS) is 11.5. The molecule has 3 rings (SSSR count). The topological polar surface area (TPSA) is 54.6 Å². The molecule has 0 saturated carbocycles. The summed E-state index contributed by atoms with van der Waals surface area (Å²) in [5.41, 5.74) is 5.11. The Morgan fingerprint density at radius 1 is 1.16 bits per heavy atom. The van der Waals surface area contributed by atoms with Gasteiger partial charge in [-0.2, -0.15) is 5.10 Å². The van der Waals surface area contributed by atoms with E-state index in [1.165, 1.54) is 17.3 Å². The van der Waals surface area contributed by atoms with Crippen LogP contribution < -0.4 is 11.1 Å². The van der Waals surface area contributed by atoms with Gasteiger partial charge in [-0.15, -0.1) is 0 Å². The van der Waals surface area contributed by atoms with Crippen molar-refractivity contribution in [1.29, 1.82) is 0 Å². The van der Waals surface area contributed by atoms with Crippen LogP contribution in [0, 0.1) is 0 Å². The fraction of sp³-hybridized carbons (Fsp3) is 0.105. The van der Waals surface area contributed by atoms with E-state index in [0.717, 1.165) is 11.1 Å². The van der Waals surface area contributed by atoms with Crippen molar-refractivity contribution in [3.63, 3.8) is 0 Å². The first kappa shape index (κ1) is 17.4. The highest BCUT2D eigenvalue weighted by Gasteiger charge is 2.08. The monoisotopic (exact) mass is 368 g/mol. The third-order valence-electron chi connectivity index (χ3n) is 3.56. The Bertz CT molecular complexity index is 981. The number of nitrogens with zero attached hydrogens (tertiary/aromatic N) is 1. The number of benzene rings is 2. The van der Waals surface area contributed by atoms with E-state index >= 15 is 0 Å². The van der Waals surface area contributed by atoms with Crippen LogP contribution in [0.2, 0.25) is 0 Å². The molecule has 0 saturated heterocycles. The third kappa shape index (κ3) is 4.55. The highest BCUT2D eigenvalue weighted by atomic mass is 32.2. The van der Waals surface area contributed by atoms with E-state index in [9.17, 15) is 4.79 Å². The van der Waals surface area contributed by atoms with Gasteiger partial charge < -0.3 is 4.42 Å². The summed E-state index contributed by atoms with van der Waals surface area (Å²) in [4.78, 5) is 12.1. The largest absolute Gasteiger partial charge is 0.422 e. The van der Waals surface area contributed by atoms with E-state index < -0.39 is 5.63 Å². The molecule has 4 nitrogen and oxygen atoms in total. The summed E-state index contributed by atoms with van der Waals surface area (Å²) in [6, 6.07) is 19.2. The summed E-state index contributed by atoms with van der Waals surface area (Å²) < 4.78 is 5.87. The molecule has 2 aromatic carbocycles. The SMILES string of the molecule is CC(=NNC(=S)SCc1ccccc1)c1cc2ccccc2oc1=O. The first-order chi connectivity index (χ1) is 12.1. The van der Waals surface area contributed by atoms with Crippen LogP contribution in [0.4, 0.5) is 0 Å². The lowest BCUT2D eigenvalue weighted by Gasteiger charge is -2.05. The van der Waals surface area contributed by atoms with Gasteiger partial charge in [0, 0.05) is 11.1 Å². The van der Waals surface area contributed by atoms with Crippen molar-refractivity contribution in [2.45, 2.75) is 12.7 Å². The maximum Gasteiger partial charge on any atom is 0.345 e. The molecule has 1 aromatic heterocycles. The van der Waals surface area contributed by atoms with E-state index in [1.807, 2.05) is 48.5 Å². The average molecular weight is 368 g/mol. The number of para-hydroxylation sites is 1. The molecule has 1 heterocycles. The fourth-order valence-electron chi connectivity index (χ4n) is 2.26. The molecule has 0 aliphatic heterocycles. The van der Waals surface area contributed by atoms with Crippen LogP contribution in [-0.4, -0.2) is 10.0 Å². The van der Waals surface area contributed by atoms with Crippen LogP contribution in [0.3, 0.4) is 0 Å². The molecule has 0 unspecified atom stereocenters. The standard InChI is InChI=1S/C19H16N2O2S2/c1-13(16-11-15-9-5-6-10-17(15)23-18(16)22)20-21-19(24)25-12-14-7-3-2-4-8-14/h2-11H,12H2,1H3,(H,21,24). The average Bonchev–Trinajstić information content (AvgIpc) is 2.64. The van der Waals surface area contributed by atoms with Gasteiger partial charge in [-0.05, 0) is 24.6 Å². The number of thioether (sulfide) groups is 1. The van der Waals surface area contributed by atoms with E-state index in [-0.39, 0.29) is 0 Å². The molecular formula is C19H16N2O2S2. The van der Waals surface area contributed by atoms with Gasteiger partial charge in [0.1, 0.15) is 5.58 Å². The maximum absolute atomic E-state index is 12.1. The van der Waals surface area contributed by atoms with E-state index in [4.69, 9.17) is 16.6 Å². The van der Waals surface area contributed by atoms with Gasteiger partial charge in [0.2, 0.25) is 0 Å². The lowest BCUT2D eigenvalue weighted by molar-refractivity contribution is 0.559. The van der Waals surface area contributed by atoms with Gasteiger partial charge >= 0.3 is 5.63 Å². The van der Waals surface area contributed by atoms with Crippen molar-refractivity contribution in [2.75, 3.05) is 0 Å². The number of hydrogen-bond acceptors (Lipinski definition) is 5. The summed E-state index contributed by atoms with van der Waals surface area (Å²) in [6.07, 6.45) is 0. The van der Waals surface area contributed by atoms with Crippen molar-refractivity contribution >= 4 is 45.0 Å². The summed E-state index contributed by atoms with van der Waals surface area (Å²) in [6.45, 7) is 1.75. The Balaban J connectivity index is 1.68. The van der Waals surface area contributed by atoms with Crippen LogP contribution in [0.15, 0.2) is 75.0 Å². The van der Waals surface area contributed by atoms with Crippen LogP contribution in [0.25, 0.3) is 11.0 Å². The molecule has 0 fully saturated rings. The van der Waals surface area contributed by atoms with Gasteiger partial charge in [0.25, 0.3) is 0 Å². The van der Waals surface area contributed by atoms with Crippen molar-refractivity contribution in [1.82, 2.24) is 5.43 Å². The first-order valence-corrected chi connectivity index (χ1v) is 9.07. The minimum absolute atomic E-state index is 0.412. The van der Waals surface area contributed by atoms with Crippen LogP contribution in [-0.2, 0) is 5.75 Å². The number of nitrogens with one attached hydrogen (secondary N) is 1. The zero-order valence-corrected chi connectivity index (χ0v) is 15.2. The molecule has 0 bridgehead atoms. The molecule has 25 heavy (non-hydrogen) atoms. The molecule has 0 aliphatic rings. The van der Waals surface area contributed by atoms with Gasteiger partial charge in [0.15, 0.2) is 4.32 Å². The molecular weight excluding hydrogens is 352 g/mol. The fourth-order valence-corrected chi connectivity index (χ4v) is 3.08. The second-order valence-electron chi connectivity index (χ2n) is 5.36. The number of hydrogen-bond donors (Lipinski definition) is 1. The summed E-state index contributed by atoms with van der Waals surface area (Å²) in [5.74, 6) is 0.763. The van der Waals surface area contributed by atoms with Crippen molar-refractivity contribution < 1.29 is 4.42 Å². The first-order valence-electron chi connectivity index (χ1n) is 7.68. The zero-order valence-electron chi connectivity index (χ0n) is 13.6. The van der Waals surface area contributed by atoms with Gasteiger partial charge in [-0.3, -0.25) is 5.43 Å². The highest BCUT2D eigenvalue weighted by Crippen LogP contribution is 2.14. The van der Waals surface area contributed by atoms with Crippen LogP contribution in [0.1, 0.15) is 18.1 Å². The van der Waals surface area contributed by atoms with Gasteiger partial charge in [-0.1, -0.05) is 72.5 Å². The Morgan fingerprint density at radius 2 is 1.88 bits per heavy atom. The van der Waals surface area contributed by atoms with Crippen LogP contribution in [0.5, 0.6) is 0 Å². The number of hydrazone groups is 1. The smallest absolute Gasteiger partial charge is 0.345 e. The second kappa shape index (κ2) is 8.09. The number of thiocarbonyl (C=S) groups is 1. The van der Waals surface area contributed by atoms with E-state index in [0.29, 0.717) is 21.2 Å². The second-order valence-corrected chi connectivity index (χ2v) is 7.01. The van der Waals surface area contributed by atoms with Gasteiger partial charge in [-0.25, -0.2) is 4.79 Å². The van der Waals surface area contributed by atoms with Crippen molar-refractivity contribution in [3.05, 3.63) is 82.2 Å². The molecule has 3 aromatic rings. The van der Waals surface area contributed by atoms with E-state index in [2.05, 4.69) is 10.5 Å². The third-order valence-corrected chi connectivity index (χ3v) is 4.83. The Kier molecular flexibility index (Phi) is 5.63. The number of rotatable bonds is 4. The molecule has 6 heteroatoms. The molecule has 126 valence electrons. The zero-order chi connectivity index (χ0) is 17.6. The minimum atomic E-state index is -0.412. The molecule has 1 N–H and O–H groups in total. The predicted molar refractivity (Wildman–Crippen MR) is 108 cm³/mol. The molecule has 0 aliphatic carbocycles. The Labute approximate surface area is 154 Å². The van der Waals surface area contributed by atoms with Gasteiger partial charge in [0.05, 0.1) is 11.3 Å². The highest BCUT2D eigenvalue weighted by molar-refractivity contribution is 8.22. The van der Waals surface area contributed by atoms with Crippen molar-refractivity contribution in [2.24, 2.45) is 5.10 Å².